The number of halogens is 1. The largest absolute Gasteiger partial charge is 0.467 e. The van der Waals surface area contributed by atoms with Crippen molar-refractivity contribution in [3.05, 3.63) is 88.7 Å². The number of benzene rings is 3. The number of carbonyl (C=O) groups excluding carboxylic acids is 3. The molecule has 3 aromatic carbocycles. The fourth-order valence-electron chi connectivity index (χ4n) is 4.46. The van der Waals surface area contributed by atoms with E-state index in [1.165, 1.54) is 42.2 Å². The van der Waals surface area contributed by atoms with Gasteiger partial charge in [0.25, 0.3) is 11.8 Å². The Bertz CT molecular complexity index is 1460. The smallest absolute Gasteiger partial charge is 0.303 e. The highest BCUT2D eigenvalue weighted by Crippen LogP contribution is 2.37. The summed E-state index contributed by atoms with van der Waals surface area (Å²) in [6.45, 7) is 1.26. The van der Waals surface area contributed by atoms with Crippen LogP contribution in [0.1, 0.15) is 35.3 Å². The Morgan fingerprint density at radius 1 is 1.18 bits per heavy atom. The lowest BCUT2D eigenvalue weighted by Crippen LogP contribution is -2.30. The molecule has 10 nitrogen and oxygen atoms in total. The number of fused-ring (bicyclic) bond motifs is 2. The van der Waals surface area contributed by atoms with Crippen LogP contribution < -0.4 is 15.0 Å². The summed E-state index contributed by atoms with van der Waals surface area (Å²) in [5, 5.41) is 15.4. The van der Waals surface area contributed by atoms with Gasteiger partial charge in [0.05, 0.1) is 18.8 Å². The van der Waals surface area contributed by atoms with Crippen molar-refractivity contribution in [2.24, 2.45) is 5.16 Å². The van der Waals surface area contributed by atoms with Gasteiger partial charge in [-0.05, 0) is 30.3 Å². The van der Waals surface area contributed by atoms with Crippen molar-refractivity contribution >= 4 is 34.9 Å². The Labute approximate surface area is 216 Å². The molecule has 1 atom stereocenters. The minimum Gasteiger partial charge on any atom is -0.467 e. The molecule has 1 unspecified atom stereocenters. The molecule has 2 aliphatic rings. The average molecular weight is 519 g/mol. The third kappa shape index (κ3) is 4.78. The monoisotopic (exact) mass is 519 g/mol. The van der Waals surface area contributed by atoms with E-state index in [4.69, 9.17) is 14.2 Å². The maximum absolute atomic E-state index is 14.3. The van der Waals surface area contributed by atoms with Crippen molar-refractivity contribution in [3.8, 4) is 5.75 Å². The fraction of sp³-hybridized carbons (Fsp3) is 0.185. The van der Waals surface area contributed by atoms with Gasteiger partial charge in [0.15, 0.2) is 12.5 Å². The summed E-state index contributed by atoms with van der Waals surface area (Å²) in [5.41, 5.74) is 2.13. The van der Waals surface area contributed by atoms with Gasteiger partial charge in [-0.2, -0.15) is 0 Å². The Kier molecular flexibility index (Phi) is 6.75. The number of nitrogens with one attached hydrogen (secondary N) is 1. The zero-order valence-electron chi connectivity index (χ0n) is 20.1. The maximum atomic E-state index is 14.3. The molecule has 0 fully saturated rings. The lowest BCUT2D eigenvalue weighted by Gasteiger charge is -2.24. The van der Waals surface area contributed by atoms with Crippen molar-refractivity contribution in [3.63, 3.8) is 0 Å². The van der Waals surface area contributed by atoms with Crippen LogP contribution in [-0.4, -0.2) is 35.5 Å². The summed E-state index contributed by atoms with van der Waals surface area (Å²) in [6, 6.07) is 15.7. The number of nitrogens with zero attached hydrogens (tertiary/aromatic N) is 2. The van der Waals surface area contributed by atoms with Gasteiger partial charge >= 0.3 is 5.97 Å². The van der Waals surface area contributed by atoms with E-state index in [1.807, 2.05) is 0 Å². The number of anilines is 2. The lowest BCUT2D eigenvalue weighted by molar-refractivity contribution is -0.152. The molecular weight excluding hydrogens is 497 g/mol. The van der Waals surface area contributed by atoms with Crippen molar-refractivity contribution < 1.29 is 38.2 Å². The Balaban J connectivity index is 1.46. The second kappa shape index (κ2) is 10.3. The molecule has 194 valence electrons. The van der Waals surface area contributed by atoms with Crippen LogP contribution in [0.2, 0.25) is 0 Å². The van der Waals surface area contributed by atoms with E-state index in [9.17, 15) is 24.0 Å². The number of rotatable bonds is 6. The van der Waals surface area contributed by atoms with Crippen LogP contribution in [0.4, 0.5) is 15.8 Å². The first-order valence-corrected chi connectivity index (χ1v) is 11.6. The molecule has 3 aromatic rings. The molecule has 0 saturated carbocycles. The first kappa shape index (κ1) is 24.9. The second-order valence-electron chi connectivity index (χ2n) is 8.63. The van der Waals surface area contributed by atoms with E-state index in [-0.39, 0.29) is 25.7 Å². The fourth-order valence-corrected chi connectivity index (χ4v) is 4.46. The van der Waals surface area contributed by atoms with E-state index in [0.717, 1.165) is 0 Å². The molecule has 0 aromatic heterocycles. The number of ether oxygens (including phenoxy) is 3. The topological polar surface area (TPSA) is 127 Å². The third-order valence-electron chi connectivity index (χ3n) is 6.06. The van der Waals surface area contributed by atoms with Gasteiger partial charge in [0.2, 0.25) is 6.10 Å². The molecule has 0 spiro atoms. The summed E-state index contributed by atoms with van der Waals surface area (Å²) in [4.78, 5) is 39.2. The van der Waals surface area contributed by atoms with Crippen LogP contribution in [0.5, 0.6) is 5.75 Å². The van der Waals surface area contributed by atoms with Gasteiger partial charge in [-0.25, -0.2) is 4.39 Å². The molecule has 2 aliphatic heterocycles. The van der Waals surface area contributed by atoms with Crippen molar-refractivity contribution in [2.75, 3.05) is 17.0 Å². The average Bonchev–Trinajstić information content (AvgIpc) is 3.17. The minimum absolute atomic E-state index is 0.0133. The molecule has 0 radical (unpaired) electrons. The van der Waals surface area contributed by atoms with Crippen molar-refractivity contribution in [1.29, 1.82) is 0 Å². The molecule has 2 heterocycles. The van der Waals surface area contributed by atoms with Crippen LogP contribution in [0.25, 0.3) is 0 Å². The minimum atomic E-state index is -1.20. The molecule has 2 N–H and O–H groups in total. The van der Waals surface area contributed by atoms with Gasteiger partial charge in [-0.3, -0.25) is 14.4 Å². The quantitative estimate of drug-likeness (QED) is 0.289. The van der Waals surface area contributed by atoms with Crippen LogP contribution >= 0.6 is 0 Å². The van der Waals surface area contributed by atoms with Crippen LogP contribution in [0, 0.1) is 5.82 Å². The predicted octanol–water partition coefficient (Wildman–Crippen LogP) is 3.66. The molecule has 0 bridgehead atoms. The maximum Gasteiger partial charge on any atom is 0.303 e. The van der Waals surface area contributed by atoms with E-state index in [2.05, 4.69) is 10.5 Å². The zero-order valence-corrected chi connectivity index (χ0v) is 20.1. The Morgan fingerprint density at radius 3 is 2.71 bits per heavy atom. The van der Waals surface area contributed by atoms with Gasteiger partial charge in [-0.1, -0.05) is 35.5 Å². The first-order chi connectivity index (χ1) is 18.4. The van der Waals surface area contributed by atoms with Crippen LogP contribution in [-0.2, 0) is 37.0 Å². The number of esters is 1. The van der Waals surface area contributed by atoms with Crippen LogP contribution in [0.3, 0.4) is 0 Å². The van der Waals surface area contributed by atoms with Crippen molar-refractivity contribution in [2.45, 2.75) is 26.2 Å². The summed E-state index contributed by atoms with van der Waals surface area (Å²) in [7, 11) is 0. The van der Waals surface area contributed by atoms with Gasteiger partial charge in [0.1, 0.15) is 11.6 Å². The molecule has 0 saturated heterocycles. The zero-order chi connectivity index (χ0) is 26.8. The highest BCUT2D eigenvalue weighted by Gasteiger charge is 2.36. The lowest BCUT2D eigenvalue weighted by atomic mass is 10.1. The summed E-state index contributed by atoms with van der Waals surface area (Å²) >= 11 is 0. The number of hydrogen-bond acceptors (Lipinski definition) is 8. The summed E-state index contributed by atoms with van der Waals surface area (Å²) < 4.78 is 30.4. The number of oxime groups is 1. The number of amides is 2. The highest BCUT2D eigenvalue weighted by atomic mass is 19.1. The number of hydrogen-bond donors (Lipinski definition) is 2. The standard InChI is InChI=1S/C27H22FN3O7/c1-15(32)38-25(16-5-3-2-4-6-16)26(33)29-20-7-8-21-22(11-20)31(27(34)23(21)30-35)12-17-9-19(28)10-18-13-36-14-37-24(17)18/h2-11,25,35H,12-14H2,1H3,(H,29,33)/b30-23+. The van der Waals surface area contributed by atoms with Crippen molar-refractivity contribution in [1.82, 2.24) is 0 Å². The molecule has 11 heteroatoms. The number of carbonyl (C=O) groups is 3. The van der Waals surface area contributed by atoms with Gasteiger partial charge in [-0.15, -0.1) is 0 Å². The molecule has 38 heavy (non-hydrogen) atoms. The molecule has 2 amide bonds. The molecular formula is C27H22FN3O7. The van der Waals surface area contributed by atoms with E-state index >= 15 is 0 Å². The van der Waals surface area contributed by atoms with Gasteiger partial charge in [0, 0.05) is 34.9 Å². The second-order valence-corrected chi connectivity index (χ2v) is 8.63. The molecule has 0 aliphatic carbocycles. The summed E-state index contributed by atoms with van der Waals surface area (Å²) in [5.74, 6) is -1.95. The highest BCUT2D eigenvalue weighted by molar-refractivity contribution is 6.54. The third-order valence-corrected chi connectivity index (χ3v) is 6.06. The van der Waals surface area contributed by atoms with Gasteiger partial charge < -0.3 is 29.6 Å². The van der Waals surface area contributed by atoms with E-state index in [0.29, 0.717) is 39.4 Å². The van der Waals surface area contributed by atoms with E-state index in [1.54, 1.807) is 30.3 Å². The first-order valence-electron chi connectivity index (χ1n) is 11.6. The Hall–Kier alpha value is -4.77. The predicted molar refractivity (Wildman–Crippen MR) is 132 cm³/mol. The Morgan fingerprint density at radius 2 is 1.97 bits per heavy atom. The normalized spacial score (nSPS) is 15.9. The van der Waals surface area contributed by atoms with Crippen LogP contribution in [0.15, 0.2) is 65.8 Å². The summed E-state index contributed by atoms with van der Waals surface area (Å²) in [6.07, 6.45) is -1.20. The molecule has 5 rings (SSSR count). The van der Waals surface area contributed by atoms with E-state index < -0.39 is 29.7 Å². The SMILES string of the molecule is CC(=O)OC(C(=O)Nc1ccc2c(c1)N(Cc1cc(F)cc3c1OCOC3)C(=O)/C2=N/O)c1ccccc1.